The molecule has 31 heavy (non-hydrogen) atoms. The molecule has 1 fully saturated rings. The summed E-state index contributed by atoms with van der Waals surface area (Å²) in [6, 6.07) is 16.4. The molecule has 0 aromatic heterocycles. The minimum Gasteiger partial charge on any atom is -0.508 e. The lowest BCUT2D eigenvalue weighted by Crippen LogP contribution is -2.48. The second-order valence-electron chi connectivity index (χ2n) is 7.75. The predicted octanol–water partition coefficient (Wildman–Crippen LogP) is 2.75. The van der Waals surface area contributed by atoms with Gasteiger partial charge in [0.1, 0.15) is 5.75 Å². The fourth-order valence-electron chi connectivity index (χ4n) is 3.62. The van der Waals surface area contributed by atoms with E-state index in [0.717, 1.165) is 32.7 Å². The Balaban J connectivity index is 1.43. The lowest BCUT2D eigenvalue weighted by molar-refractivity contribution is -0.144. The highest BCUT2D eigenvalue weighted by atomic mass is 16.4. The number of hydrogen-bond donors (Lipinski definition) is 3. The zero-order valence-electron chi connectivity index (χ0n) is 17.5. The molecule has 2 aromatic carbocycles. The number of nitrogens with zero attached hydrogens (tertiary/aromatic N) is 2. The Labute approximate surface area is 182 Å². The Morgan fingerprint density at radius 1 is 1.00 bits per heavy atom. The number of carboxylic acid groups (broad SMARTS) is 1. The van der Waals surface area contributed by atoms with Crippen LogP contribution in [0.25, 0.3) is 6.08 Å². The van der Waals surface area contributed by atoms with Gasteiger partial charge in [0.05, 0.1) is 5.92 Å². The standard InChI is InChI=1S/C24H29N3O4/c28-22-10-4-9-21(17-22)25-23(29)16-20(24(30)31)18-27-14-12-26(13-15-27)11-5-8-19-6-2-1-3-7-19/h1-10,17,20,28H,11-16,18H2,(H,25,29)(H,30,31)/t20-/m0/s1. The van der Waals surface area contributed by atoms with E-state index in [-0.39, 0.29) is 18.1 Å². The van der Waals surface area contributed by atoms with Crippen LogP contribution in [0.3, 0.4) is 0 Å². The number of amides is 1. The first-order valence-corrected chi connectivity index (χ1v) is 10.5. The van der Waals surface area contributed by atoms with Crippen LogP contribution in [-0.2, 0) is 9.59 Å². The quantitative estimate of drug-likeness (QED) is 0.574. The molecule has 0 radical (unpaired) electrons. The molecule has 0 saturated carbocycles. The molecule has 3 N–H and O–H groups in total. The van der Waals surface area contributed by atoms with Crippen molar-refractivity contribution in [1.82, 2.24) is 9.80 Å². The molecule has 1 atom stereocenters. The zero-order valence-corrected chi connectivity index (χ0v) is 17.5. The van der Waals surface area contributed by atoms with Crippen LogP contribution in [0, 0.1) is 5.92 Å². The van der Waals surface area contributed by atoms with E-state index in [4.69, 9.17) is 0 Å². The monoisotopic (exact) mass is 423 g/mol. The largest absolute Gasteiger partial charge is 0.508 e. The van der Waals surface area contributed by atoms with Gasteiger partial charge >= 0.3 is 5.97 Å². The van der Waals surface area contributed by atoms with Crippen molar-refractivity contribution in [2.24, 2.45) is 5.92 Å². The first-order valence-electron chi connectivity index (χ1n) is 10.5. The SMILES string of the molecule is O=C(C[C@@H](CN1CCN(CC=Cc2ccccc2)CC1)C(=O)O)Nc1cccc(O)c1. The van der Waals surface area contributed by atoms with Crippen molar-refractivity contribution in [1.29, 1.82) is 0 Å². The van der Waals surface area contributed by atoms with Gasteiger partial charge in [-0.25, -0.2) is 0 Å². The number of piperazine rings is 1. The molecule has 0 bridgehead atoms. The number of phenolic OH excluding ortho intramolecular Hbond substituents is 1. The summed E-state index contributed by atoms with van der Waals surface area (Å²) in [4.78, 5) is 28.4. The average molecular weight is 424 g/mol. The zero-order chi connectivity index (χ0) is 22.1. The molecule has 1 aliphatic heterocycles. The Morgan fingerprint density at radius 2 is 1.71 bits per heavy atom. The fourth-order valence-corrected chi connectivity index (χ4v) is 3.62. The summed E-state index contributed by atoms with van der Waals surface area (Å²) >= 11 is 0. The number of benzene rings is 2. The first-order chi connectivity index (χ1) is 15.0. The maximum Gasteiger partial charge on any atom is 0.308 e. The Kier molecular flexibility index (Phi) is 8.20. The van der Waals surface area contributed by atoms with Crippen LogP contribution in [0.1, 0.15) is 12.0 Å². The van der Waals surface area contributed by atoms with Gasteiger partial charge in [-0.05, 0) is 17.7 Å². The van der Waals surface area contributed by atoms with Crippen LogP contribution >= 0.6 is 0 Å². The van der Waals surface area contributed by atoms with Crippen LogP contribution in [-0.4, -0.2) is 71.2 Å². The molecule has 2 aromatic rings. The summed E-state index contributed by atoms with van der Waals surface area (Å²) in [5.74, 6) is -2.08. The van der Waals surface area contributed by atoms with Gasteiger partial charge < -0.3 is 15.5 Å². The van der Waals surface area contributed by atoms with Gasteiger partial charge in [0, 0.05) is 57.4 Å². The third-order valence-electron chi connectivity index (χ3n) is 5.33. The van der Waals surface area contributed by atoms with E-state index < -0.39 is 11.9 Å². The van der Waals surface area contributed by atoms with E-state index in [0.29, 0.717) is 12.2 Å². The molecule has 0 spiro atoms. The molecule has 0 aliphatic carbocycles. The molecule has 1 saturated heterocycles. The van der Waals surface area contributed by atoms with Crippen LogP contribution in [0.4, 0.5) is 5.69 Å². The number of carbonyl (C=O) groups excluding carboxylic acids is 1. The molecule has 0 unspecified atom stereocenters. The Morgan fingerprint density at radius 3 is 2.39 bits per heavy atom. The number of carbonyl (C=O) groups is 2. The van der Waals surface area contributed by atoms with E-state index in [2.05, 4.69) is 39.4 Å². The first kappa shape index (κ1) is 22.5. The smallest absolute Gasteiger partial charge is 0.308 e. The number of phenols is 1. The molecule has 7 heteroatoms. The van der Waals surface area contributed by atoms with E-state index in [9.17, 15) is 19.8 Å². The van der Waals surface area contributed by atoms with E-state index in [1.165, 1.54) is 17.7 Å². The molecular formula is C24H29N3O4. The third kappa shape index (κ3) is 7.55. The van der Waals surface area contributed by atoms with Crippen molar-refractivity contribution in [2.45, 2.75) is 6.42 Å². The number of aromatic hydroxyl groups is 1. The third-order valence-corrected chi connectivity index (χ3v) is 5.33. The minimum absolute atomic E-state index is 0.0454. The van der Waals surface area contributed by atoms with Crippen molar-refractivity contribution >= 4 is 23.6 Å². The van der Waals surface area contributed by atoms with E-state index in [1.807, 2.05) is 18.2 Å². The van der Waals surface area contributed by atoms with Gasteiger partial charge in [-0.2, -0.15) is 0 Å². The molecule has 1 heterocycles. The molecule has 3 rings (SSSR count). The highest BCUT2D eigenvalue weighted by Gasteiger charge is 2.26. The maximum absolute atomic E-state index is 12.3. The van der Waals surface area contributed by atoms with Crippen molar-refractivity contribution in [2.75, 3.05) is 44.6 Å². The number of carboxylic acids is 1. The normalized spacial score (nSPS) is 16.3. The number of rotatable bonds is 9. The lowest BCUT2D eigenvalue weighted by Gasteiger charge is -2.35. The fraction of sp³-hybridized carbons (Fsp3) is 0.333. The number of nitrogens with one attached hydrogen (secondary N) is 1. The van der Waals surface area contributed by atoms with Gasteiger partial charge in [0.15, 0.2) is 0 Å². The summed E-state index contributed by atoms with van der Waals surface area (Å²) in [6.45, 7) is 4.48. The number of anilines is 1. The van der Waals surface area contributed by atoms with Crippen LogP contribution in [0.2, 0.25) is 0 Å². The second kappa shape index (κ2) is 11.3. The summed E-state index contributed by atoms with van der Waals surface area (Å²) in [5.41, 5.74) is 1.63. The van der Waals surface area contributed by atoms with Gasteiger partial charge in [-0.1, -0.05) is 48.6 Å². The van der Waals surface area contributed by atoms with Crippen molar-refractivity contribution in [3.8, 4) is 5.75 Å². The van der Waals surface area contributed by atoms with Crippen molar-refractivity contribution in [3.05, 3.63) is 66.2 Å². The molecule has 1 amide bonds. The highest BCUT2D eigenvalue weighted by Crippen LogP contribution is 2.17. The summed E-state index contributed by atoms with van der Waals surface area (Å²) in [5, 5.41) is 21.7. The van der Waals surface area contributed by atoms with Crippen molar-refractivity contribution < 1.29 is 19.8 Å². The summed E-state index contributed by atoms with van der Waals surface area (Å²) < 4.78 is 0. The summed E-state index contributed by atoms with van der Waals surface area (Å²) in [7, 11) is 0. The predicted molar refractivity (Wildman–Crippen MR) is 121 cm³/mol. The number of aliphatic carboxylic acids is 1. The maximum atomic E-state index is 12.3. The van der Waals surface area contributed by atoms with E-state index in [1.54, 1.807) is 12.1 Å². The van der Waals surface area contributed by atoms with Gasteiger partial charge in [0.25, 0.3) is 0 Å². The minimum atomic E-state index is -0.973. The Bertz CT molecular complexity index is 893. The highest BCUT2D eigenvalue weighted by molar-refractivity contribution is 5.93. The van der Waals surface area contributed by atoms with Gasteiger partial charge in [0.2, 0.25) is 5.91 Å². The Hall–Kier alpha value is -3.16. The molecular weight excluding hydrogens is 394 g/mol. The topological polar surface area (TPSA) is 93.1 Å². The average Bonchev–Trinajstić information content (AvgIpc) is 2.75. The van der Waals surface area contributed by atoms with Crippen molar-refractivity contribution in [3.63, 3.8) is 0 Å². The summed E-state index contributed by atoms with van der Waals surface area (Å²) in [6.07, 6.45) is 4.15. The lowest BCUT2D eigenvalue weighted by atomic mass is 10.0. The second-order valence-corrected chi connectivity index (χ2v) is 7.75. The van der Waals surface area contributed by atoms with Crippen LogP contribution < -0.4 is 5.32 Å². The number of hydrogen-bond acceptors (Lipinski definition) is 5. The van der Waals surface area contributed by atoms with Crippen LogP contribution in [0.15, 0.2) is 60.7 Å². The van der Waals surface area contributed by atoms with Crippen LogP contribution in [0.5, 0.6) is 5.75 Å². The molecule has 164 valence electrons. The molecule has 7 nitrogen and oxygen atoms in total. The van der Waals surface area contributed by atoms with E-state index >= 15 is 0 Å². The molecule has 1 aliphatic rings. The van der Waals surface area contributed by atoms with Gasteiger partial charge in [-0.15, -0.1) is 0 Å². The van der Waals surface area contributed by atoms with Gasteiger partial charge in [-0.3, -0.25) is 19.4 Å².